The zero-order chi connectivity index (χ0) is 6.97. The molecular weight excluding hydrogens is 124 g/mol. The van der Waals surface area contributed by atoms with Crippen LogP contribution in [0.2, 0.25) is 0 Å². The first kappa shape index (κ1) is 5.55. The van der Waals surface area contributed by atoms with E-state index in [1.807, 2.05) is 12.3 Å². The number of aryl methyl sites for hydroxylation is 1. The molecule has 2 heteroatoms. The SMILES string of the molecule is N#CC1CCc2cccn21. The summed E-state index contributed by atoms with van der Waals surface area (Å²) in [5, 5.41) is 8.66. The summed E-state index contributed by atoms with van der Waals surface area (Å²) >= 11 is 0. The first-order valence-electron chi connectivity index (χ1n) is 3.47. The van der Waals surface area contributed by atoms with Gasteiger partial charge >= 0.3 is 0 Å². The number of hydrogen-bond acceptors (Lipinski definition) is 1. The summed E-state index contributed by atoms with van der Waals surface area (Å²) in [6.45, 7) is 0. The minimum Gasteiger partial charge on any atom is -0.335 e. The van der Waals surface area contributed by atoms with Crippen molar-refractivity contribution in [3.05, 3.63) is 24.0 Å². The van der Waals surface area contributed by atoms with Gasteiger partial charge in [0.2, 0.25) is 0 Å². The van der Waals surface area contributed by atoms with Gasteiger partial charge in [-0.2, -0.15) is 5.26 Å². The molecule has 1 atom stereocenters. The van der Waals surface area contributed by atoms with E-state index in [0.717, 1.165) is 12.8 Å². The van der Waals surface area contributed by atoms with Crippen LogP contribution in [0.25, 0.3) is 0 Å². The van der Waals surface area contributed by atoms with Gasteiger partial charge in [0.1, 0.15) is 6.04 Å². The minimum absolute atomic E-state index is 0.102. The van der Waals surface area contributed by atoms with E-state index in [2.05, 4.69) is 16.7 Å². The fraction of sp³-hybridized carbons (Fsp3) is 0.375. The van der Waals surface area contributed by atoms with Crippen molar-refractivity contribution in [1.82, 2.24) is 4.57 Å². The van der Waals surface area contributed by atoms with Crippen LogP contribution in [-0.2, 0) is 6.42 Å². The molecule has 2 nitrogen and oxygen atoms in total. The monoisotopic (exact) mass is 132 g/mol. The average Bonchev–Trinajstić information content (AvgIpc) is 2.44. The van der Waals surface area contributed by atoms with Gasteiger partial charge < -0.3 is 4.57 Å². The fourth-order valence-electron chi connectivity index (χ4n) is 1.50. The van der Waals surface area contributed by atoms with Crippen molar-refractivity contribution >= 4 is 0 Å². The van der Waals surface area contributed by atoms with Gasteiger partial charge in [0.05, 0.1) is 6.07 Å². The Balaban J connectivity index is 2.46. The van der Waals surface area contributed by atoms with Gasteiger partial charge in [-0.3, -0.25) is 0 Å². The molecule has 1 aromatic rings. The van der Waals surface area contributed by atoms with Crippen LogP contribution in [0.1, 0.15) is 18.2 Å². The van der Waals surface area contributed by atoms with Crippen LogP contribution in [0.5, 0.6) is 0 Å². The van der Waals surface area contributed by atoms with E-state index < -0.39 is 0 Å². The lowest BCUT2D eigenvalue weighted by Crippen LogP contribution is -1.97. The topological polar surface area (TPSA) is 28.7 Å². The predicted molar refractivity (Wildman–Crippen MR) is 37.4 cm³/mol. The highest BCUT2D eigenvalue weighted by Crippen LogP contribution is 2.24. The summed E-state index contributed by atoms with van der Waals surface area (Å²) in [7, 11) is 0. The van der Waals surface area contributed by atoms with Crippen LogP contribution in [-0.4, -0.2) is 4.57 Å². The Morgan fingerprint density at radius 2 is 2.60 bits per heavy atom. The van der Waals surface area contributed by atoms with Gasteiger partial charge in [-0.1, -0.05) is 0 Å². The molecule has 1 aromatic heterocycles. The van der Waals surface area contributed by atoms with Gasteiger partial charge in [0.25, 0.3) is 0 Å². The molecule has 0 saturated carbocycles. The minimum atomic E-state index is 0.102. The lowest BCUT2D eigenvalue weighted by atomic mass is 10.2. The molecule has 0 N–H and O–H groups in total. The van der Waals surface area contributed by atoms with Crippen molar-refractivity contribution in [3.63, 3.8) is 0 Å². The quantitative estimate of drug-likeness (QED) is 0.525. The Morgan fingerprint density at radius 1 is 1.70 bits per heavy atom. The normalized spacial score (nSPS) is 22.1. The van der Waals surface area contributed by atoms with Crippen LogP contribution in [0.3, 0.4) is 0 Å². The molecule has 50 valence electrons. The summed E-state index contributed by atoms with van der Waals surface area (Å²) in [4.78, 5) is 0. The van der Waals surface area contributed by atoms with E-state index in [-0.39, 0.29) is 6.04 Å². The highest BCUT2D eigenvalue weighted by Gasteiger charge is 2.19. The smallest absolute Gasteiger partial charge is 0.121 e. The van der Waals surface area contributed by atoms with E-state index in [9.17, 15) is 0 Å². The summed E-state index contributed by atoms with van der Waals surface area (Å²) in [5.74, 6) is 0. The molecule has 2 rings (SSSR count). The molecule has 0 spiro atoms. The second-order valence-electron chi connectivity index (χ2n) is 2.59. The second kappa shape index (κ2) is 1.88. The molecule has 0 saturated heterocycles. The third-order valence-electron chi connectivity index (χ3n) is 2.03. The molecule has 0 radical (unpaired) electrons. The number of rotatable bonds is 0. The summed E-state index contributed by atoms with van der Waals surface area (Å²) < 4.78 is 2.06. The van der Waals surface area contributed by atoms with Crippen LogP contribution >= 0.6 is 0 Å². The van der Waals surface area contributed by atoms with Crippen LogP contribution < -0.4 is 0 Å². The third-order valence-corrected chi connectivity index (χ3v) is 2.03. The highest BCUT2D eigenvalue weighted by molar-refractivity contribution is 5.16. The van der Waals surface area contributed by atoms with Crippen LogP contribution in [0.4, 0.5) is 0 Å². The highest BCUT2D eigenvalue weighted by atomic mass is 15.0. The number of fused-ring (bicyclic) bond motifs is 1. The van der Waals surface area contributed by atoms with Gasteiger partial charge in [-0.05, 0) is 25.0 Å². The molecule has 0 amide bonds. The Labute approximate surface area is 59.7 Å². The number of nitrogens with zero attached hydrogens (tertiary/aromatic N) is 2. The Hall–Kier alpha value is -1.23. The van der Waals surface area contributed by atoms with E-state index in [1.165, 1.54) is 5.69 Å². The molecule has 2 heterocycles. The fourth-order valence-corrected chi connectivity index (χ4v) is 1.50. The largest absolute Gasteiger partial charge is 0.335 e. The van der Waals surface area contributed by atoms with Crippen molar-refractivity contribution < 1.29 is 0 Å². The first-order valence-corrected chi connectivity index (χ1v) is 3.47. The zero-order valence-corrected chi connectivity index (χ0v) is 5.62. The molecule has 0 aromatic carbocycles. The van der Waals surface area contributed by atoms with Gasteiger partial charge in [-0.25, -0.2) is 0 Å². The lowest BCUT2D eigenvalue weighted by molar-refractivity contribution is 0.656. The van der Waals surface area contributed by atoms with Gasteiger partial charge in [-0.15, -0.1) is 0 Å². The van der Waals surface area contributed by atoms with Crippen molar-refractivity contribution in [1.29, 1.82) is 5.26 Å². The Bertz CT molecular complexity index is 280. The van der Waals surface area contributed by atoms with Crippen molar-refractivity contribution in [3.8, 4) is 6.07 Å². The van der Waals surface area contributed by atoms with Gasteiger partial charge in [0.15, 0.2) is 0 Å². The number of hydrogen-bond donors (Lipinski definition) is 0. The first-order chi connectivity index (χ1) is 4.92. The molecule has 1 aliphatic heterocycles. The summed E-state index contributed by atoms with van der Waals surface area (Å²) in [6, 6.07) is 6.45. The molecule has 0 aliphatic carbocycles. The molecule has 0 fully saturated rings. The van der Waals surface area contributed by atoms with E-state index in [4.69, 9.17) is 5.26 Å². The maximum absolute atomic E-state index is 8.66. The Morgan fingerprint density at radius 3 is 3.40 bits per heavy atom. The van der Waals surface area contributed by atoms with E-state index >= 15 is 0 Å². The summed E-state index contributed by atoms with van der Waals surface area (Å²) in [5.41, 5.74) is 1.30. The lowest BCUT2D eigenvalue weighted by Gasteiger charge is -2.00. The Kier molecular flexibility index (Phi) is 1.04. The standard InChI is InChI=1S/C8H8N2/c9-6-8-4-3-7-2-1-5-10(7)8/h1-2,5,8H,3-4H2. The van der Waals surface area contributed by atoms with Crippen molar-refractivity contribution in [2.45, 2.75) is 18.9 Å². The van der Waals surface area contributed by atoms with E-state index in [0.29, 0.717) is 0 Å². The molecule has 1 unspecified atom stereocenters. The molecule has 10 heavy (non-hydrogen) atoms. The maximum Gasteiger partial charge on any atom is 0.121 e. The van der Waals surface area contributed by atoms with Gasteiger partial charge in [0, 0.05) is 11.9 Å². The number of aromatic nitrogens is 1. The summed E-state index contributed by atoms with van der Waals surface area (Å²) in [6.07, 6.45) is 4.04. The average molecular weight is 132 g/mol. The predicted octanol–water partition coefficient (Wildman–Crippen LogP) is 1.50. The third kappa shape index (κ3) is 0.577. The second-order valence-corrected chi connectivity index (χ2v) is 2.59. The van der Waals surface area contributed by atoms with E-state index in [1.54, 1.807) is 0 Å². The maximum atomic E-state index is 8.66. The molecule has 0 bridgehead atoms. The van der Waals surface area contributed by atoms with Crippen LogP contribution in [0.15, 0.2) is 18.3 Å². The van der Waals surface area contributed by atoms with Crippen molar-refractivity contribution in [2.75, 3.05) is 0 Å². The zero-order valence-electron chi connectivity index (χ0n) is 5.62. The molecular formula is C8H8N2. The van der Waals surface area contributed by atoms with Crippen LogP contribution in [0, 0.1) is 11.3 Å². The molecule has 1 aliphatic rings. The van der Waals surface area contributed by atoms with Crippen molar-refractivity contribution in [2.24, 2.45) is 0 Å². The number of nitriles is 1.